The zero-order valence-electron chi connectivity index (χ0n) is 10.2. The van der Waals surface area contributed by atoms with E-state index < -0.39 is 0 Å². The van der Waals surface area contributed by atoms with Gasteiger partial charge in [-0.3, -0.25) is 9.58 Å². The van der Waals surface area contributed by atoms with E-state index in [4.69, 9.17) is 5.11 Å². The summed E-state index contributed by atoms with van der Waals surface area (Å²) in [5.74, 6) is 0. The first-order valence-corrected chi connectivity index (χ1v) is 6.40. The molecule has 16 heavy (non-hydrogen) atoms. The minimum absolute atomic E-state index is 0.252. The molecule has 0 amide bonds. The lowest BCUT2D eigenvalue weighted by Gasteiger charge is -2.20. The van der Waals surface area contributed by atoms with Crippen molar-refractivity contribution in [1.82, 2.24) is 14.7 Å². The molecule has 0 aromatic carbocycles. The first-order valence-electron chi connectivity index (χ1n) is 5.61. The van der Waals surface area contributed by atoms with E-state index in [-0.39, 0.29) is 6.61 Å². The Bertz CT molecular complexity index is 338. The zero-order chi connectivity index (χ0) is 12.1. The van der Waals surface area contributed by atoms with E-state index in [1.807, 2.05) is 18.7 Å². The molecule has 0 saturated carbocycles. The summed E-state index contributed by atoms with van der Waals surface area (Å²) in [6.45, 7) is 7.16. The predicted octanol–water partition coefficient (Wildman–Crippen LogP) is 1.70. The van der Waals surface area contributed by atoms with Crippen molar-refractivity contribution in [1.29, 1.82) is 0 Å². The van der Waals surface area contributed by atoms with Crippen LogP contribution in [0.2, 0.25) is 0 Å². The van der Waals surface area contributed by atoms with Gasteiger partial charge in [0.1, 0.15) is 0 Å². The van der Waals surface area contributed by atoms with E-state index in [1.165, 1.54) is 5.69 Å². The Morgan fingerprint density at radius 3 is 2.62 bits per heavy atom. The maximum atomic E-state index is 8.84. The Labute approximate surface area is 105 Å². The van der Waals surface area contributed by atoms with Gasteiger partial charge in [0.05, 0.1) is 15.9 Å². The number of hydrogen-bond donors (Lipinski definition) is 1. The highest BCUT2D eigenvalue weighted by atomic mass is 79.9. The molecular weight excluding hydrogens is 270 g/mol. The molecule has 0 aliphatic rings. The van der Waals surface area contributed by atoms with E-state index in [2.05, 4.69) is 32.9 Å². The summed E-state index contributed by atoms with van der Waals surface area (Å²) in [5, 5.41) is 13.2. The Hall–Kier alpha value is -0.390. The van der Waals surface area contributed by atoms with Crippen molar-refractivity contribution in [3.63, 3.8) is 0 Å². The van der Waals surface area contributed by atoms with Crippen molar-refractivity contribution in [2.45, 2.75) is 26.8 Å². The second-order valence-electron chi connectivity index (χ2n) is 3.92. The summed E-state index contributed by atoms with van der Waals surface area (Å²) in [6.07, 6.45) is 0.822. The van der Waals surface area contributed by atoms with Gasteiger partial charge in [-0.1, -0.05) is 6.92 Å². The fourth-order valence-corrected chi connectivity index (χ4v) is 2.17. The Morgan fingerprint density at radius 2 is 2.19 bits per heavy atom. The molecule has 0 atom stereocenters. The van der Waals surface area contributed by atoms with Crippen molar-refractivity contribution in [2.24, 2.45) is 7.05 Å². The summed E-state index contributed by atoms with van der Waals surface area (Å²) in [6, 6.07) is 0. The molecule has 0 bridgehead atoms. The molecule has 5 heteroatoms. The minimum Gasteiger partial charge on any atom is -0.396 e. The quantitative estimate of drug-likeness (QED) is 0.867. The summed E-state index contributed by atoms with van der Waals surface area (Å²) in [7, 11) is 1.97. The predicted molar refractivity (Wildman–Crippen MR) is 68.3 cm³/mol. The van der Waals surface area contributed by atoms with Crippen LogP contribution in [0.25, 0.3) is 0 Å². The molecular formula is C11H20BrN3O. The molecule has 0 spiro atoms. The molecule has 0 aliphatic heterocycles. The third kappa shape index (κ3) is 3.30. The number of halogens is 1. The van der Waals surface area contributed by atoms with E-state index in [1.54, 1.807) is 0 Å². The van der Waals surface area contributed by atoms with Crippen LogP contribution >= 0.6 is 15.9 Å². The van der Waals surface area contributed by atoms with Gasteiger partial charge in [-0.15, -0.1) is 0 Å². The van der Waals surface area contributed by atoms with Gasteiger partial charge in [0.25, 0.3) is 0 Å². The van der Waals surface area contributed by atoms with Crippen LogP contribution in [-0.4, -0.2) is 39.5 Å². The number of aryl methyl sites for hydroxylation is 2. The lowest BCUT2D eigenvalue weighted by molar-refractivity contribution is 0.222. The number of aliphatic hydroxyl groups excluding tert-OH is 1. The highest BCUT2D eigenvalue weighted by Gasteiger charge is 2.13. The third-order valence-corrected chi connectivity index (χ3v) is 3.75. The van der Waals surface area contributed by atoms with Crippen LogP contribution in [0.15, 0.2) is 4.47 Å². The average Bonchev–Trinajstić information content (AvgIpc) is 2.50. The number of hydrogen-bond acceptors (Lipinski definition) is 3. The maximum Gasteiger partial charge on any atom is 0.0739 e. The Balaban J connectivity index is 2.69. The second-order valence-corrected chi connectivity index (χ2v) is 4.71. The largest absolute Gasteiger partial charge is 0.396 e. The maximum absolute atomic E-state index is 8.84. The van der Waals surface area contributed by atoms with Crippen LogP contribution in [0.3, 0.4) is 0 Å². The third-order valence-electron chi connectivity index (χ3n) is 2.71. The van der Waals surface area contributed by atoms with Gasteiger partial charge < -0.3 is 5.11 Å². The van der Waals surface area contributed by atoms with Gasteiger partial charge in [0.2, 0.25) is 0 Å². The summed E-state index contributed by atoms with van der Waals surface area (Å²) < 4.78 is 3.01. The number of rotatable bonds is 6. The van der Waals surface area contributed by atoms with E-state index >= 15 is 0 Å². The van der Waals surface area contributed by atoms with Gasteiger partial charge in [-0.25, -0.2) is 0 Å². The molecule has 0 unspecified atom stereocenters. The normalized spacial score (nSPS) is 11.4. The summed E-state index contributed by atoms with van der Waals surface area (Å²) >= 11 is 3.57. The van der Waals surface area contributed by atoms with Crippen LogP contribution in [-0.2, 0) is 13.6 Å². The molecule has 92 valence electrons. The Kier molecular flexibility index (Phi) is 5.44. The highest BCUT2D eigenvalue weighted by Crippen LogP contribution is 2.21. The molecule has 1 aromatic rings. The standard InChI is InChI=1S/C11H20BrN3O/c1-4-15(6-5-7-16)8-10-11(12)9(2)13-14(10)3/h16H,4-8H2,1-3H3. The van der Waals surface area contributed by atoms with Crippen LogP contribution in [0.4, 0.5) is 0 Å². The molecule has 4 nitrogen and oxygen atoms in total. The van der Waals surface area contributed by atoms with Gasteiger partial charge >= 0.3 is 0 Å². The lowest BCUT2D eigenvalue weighted by Crippen LogP contribution is -2.26. The summed E-state index contributed by atoms with van der Waals surface area (Å²) in [5.41, 5.74) is 2.22. The van der Waals surface area contributed by atoms with Crippen LogP contribution < -0.4 is 0 Å². The molecule has 0 fully saturated rings. The van der Waals surface area contributed by atoms with Crippen molar-refractivity contribution in [3.8, 4) is 0 Å². The lowest BCUT2D eigenvalue weighted by atomic mass is 10.3. The van der Waals surface area contributed by atoms with E-state index in [0.717, 1.165) is 36.2 Å². The fraction of sp³-hybridized carbons (Fsp3) is 0.727. The van der Waals surface area contributed by atoms with Crippen molar-refractivity contribution in [2.75, 3.05) is 19.7 Å². The monoisotopic (exact) mass is 289 g/mol. The second kappa shape index (κ2) is 6.37. The molecule has 1 N–H and O–H groups in total. The molecule has 0 saturated heterocycles. The summed E-state index contributed by atoms with van der Waals surface area (Å²) in [4.78, 5) is 2.30. The van der Waals surface area contributed by atoms with E-state index in [0.29, 0.717) is 0 Å². The molecule has 0 aliphatic carbocycles. The van der Waals surface area contributed by atoms with Crippen LogP contribution in [0.5, 0.6) is 0 Å². The molecule has 1 aromatic heterocycles. The number of aliphatic hydroxyl groups is 1. The number of nitrogens with zero attached hydrogens (tertiary/aromatic N) is 3. The van der Waals surface area contributed by atoms with Crippen molar-refractivity contribution < 1.29 is 5.11 Å². The first kappa shape index (κ1) is 13.7. The van der Waals surface area contributed by atoms with Gasteiger partial charge in [-0.05, 0) is 35.8 Å². The van der Waals surface area contributed by atoms with E-state index in [9.17, 15) is 0 Å². The van der Waals surface area contributed by atoms with Crippen LogP contribution in [0, 0.1) is 6.92 Å². The Morgan fingerprint density at radius 1 is 1.50 bits per heavy atom. The molecule has 0 radical (unpaired) electrons. The smallest absolute Gasteiger partial charge is 0.0739 e. The SMILES string of the molecule is CCN(CCCO)Cc1c(Br)c(C)nn1C. The minimum atomic E-state index is 0.252. The fourth-order valence-electron chi connectivity index (χ4n) is 1.71. The van der Waals surface area contributed by atoms with Gasteiger partial charge in [-0.2, -0.15) is 5.10 Å². The van der Waals surface area contributed by atoms with Crippen LogP contribution in [0.1, 0.15) is 24.7 Å². The topological polar surface area (TPSA) is 41.3 Å². The molecule has 1 rings (SSSR count). The van der Waals surface area contributed by atoms with Crippen molar-refractivity contribution in [3.05, 3.63) is 15.9 Å². The van der Waals surface area contributed by atoms with Crippen molar-refractivity contribution >= 4 is 15.9 Å². The van der Waals surface area contributed by atoms with Gasteiger partial charge in [0.15, 0.2) is 0 Å². The zero-order valence-corrected chi connectivity index (χ0v) is 11.8. The number of aromatic nitrogens is 2. The molecule has 1 heterocycles. The highest BCUT2D eigenvalue weighted by molar-refractivity contribution is 9.10. The van der Waals surface area contributed by atoms with Gasteiger partial charge in [0, 0.05) is 26.7 Å². The first-order chi connectivity index (χ1) is 7.60. The average molecular weight is 290 g/mol.